The smallest absolute Gasteiger partial charge is 0.368 e. The van der Waals surface area contributed by atoms with Gasteiger partial charge in [0.1, 0.15) is 0 Å². The van der Waals surface area contributed by atoms with Crippen molar-refractivity contribution in [1.82, 2.24) is 0 Å². The number of rotatable bonds is 7. The summed E-state index contributed by atoms with van der Waals surface area (Å²) < 4.78 is 55.0. The van der Waals surface area contributed by atoms with E-state index in [0.29, 0.717) is 0 Å². The van der Waals surface area contributed by atoms with Crippen molar-refractivity contribution in [2.45, 2.75) is 19.4 Å². The van der Waals surface area contributed by atoms with E-state index in [9.17, 15) is 16.6 Å². The topological polar surface area (TPSA) is 52.6 Å². The van der Waals surface area contributed by atoms with Gasteiger partial charge in [-0.05, 0) is 13.3 Å². The van der Waals surface area contributed by atoms with Crippen LogP contribution in [0, 0.1) is 0 Å². The van der Waals surface area contributed by atoms with Crippen molar-refractivity contribution < 1.29 is 25.2 Å². The van der Waals surface area contributed by atoms with Gasteiger partial charge in [0.2, 0.25) is 0 Å². The third kappa shape index (κ3) is 8.54. The molecule has 0 rings (SSSR count). The summed E-state index contributed by atoms with van der Waals surface area (Å²) in [5.41, 5.74) is 0. The van der Waals surface area contributed by atoms with Gasteiger partial charge in [0.15, 0.2) is 0 Å². The van der Waals surface area contributed by atoms with E-state index in [-0.39, 0.29) is 19.6 Å². The second-order valence-electron chi connectivity index (χ2n) is 2.70. The first-order valence-corrected chi connectivity index (χ1v) is 7.82. The average molecular weight is 248 g/mol. The molecule has 0 aliphatic heterocycles. The van der Waals surface area contributed by atoms with E-state index < -0.39 is 25.1 Å². The van der Waals surface area contributed by atoms with Crippen LogP contribution < -0.4 is 0 Å². The van der Waals surface area contributed by atoms with Crippen molar-refractivity contribution in [3.8, 4) is 0 Å². The predicted octanol–water partition coefficient (Wildman–Crippen LogP) is 1.27. The van der Waals surface area contributed by atoms with E-state index in [1.165, 1.54) is 6.92 Å². The van der Waals surface area contributed by atoms with Gasteiger partial charge in [0.25, 0.3) is 10.1 Å². The van der Waals surface area contributed by atoms with Gasteiger partial charge in [-0.3, -0.25) is 4.18 Å². The van der Waals surface area contributed by atoms with Gasteiger partial charge in [0.05, 0.1) is 12.9 Å². The number of halogens is 2. The van der Waals surface area contributed by atoms with Crippen LogP contribution in [0.25, 0.3) is 0 Å². The molecule has 0 saturated carbocycles. The Labute approximate surface area is 83.8 Å². The van der Waals surface area contributed by atoms with E-state index in [0.717, 1.165) is 6.26 Å². The summed E-state index contributed by atoms with van der Waals surface area (Å²) in [5, 5.41) is 0. The Morgan fingerprint density at radius 2 is 1.93 bits per heavy atom. The number of hydrogen-bond donors (Lipinski definition) is 0. The van der Waals surface area contributed by atoms with E-state index in [1.807, 2.05) is 0 Å². The molecule has 0 spiro atoms. The van der Waals surface area contributed by atoms with Gasteiger partial charge in [-0.25, -0.2) is 8.22 Å². The van der Waals surface area contributed by atoms with Crippen LogP contribution in [0.4, 0.5) is 8.22 Å². The molecular formula is C6H14F2O4SSi. The minimum absolute atomic E-state index is 0.00765. The van der Waals surface area contributed by atoms with Crippen LogP contribution in [-0.2, 0) is 18.7 Å². The highest BCUT2D eigenvalue weighted by Crippen LogP contribution is 2.17. The van der Waals surface area contributed by atoms with Gasteiger partial charge >= 0.3 is 8.99 Å². The molecule has 0 aromatic carbocycles. The molecule has 0 aromatic rings. The summed E-state index contributed by atoms with van der Waals surface area (Å²) in [4.78, 5) is 0. The van der Waals surface area contributed by atoms with Crippen molar-refractivity contribution in [3.05, 3.63) is 0 Å². The van der Waals surface area contributed by atoms with Crippen molar-refractivity contribution in [2.24, 2.45) is 0 Å². The fraction of sp³-hybridized carbons (Fsp3) is 1.00. The zero-order valence-corrected chi connectivity index (χ0v) is 9.94. The SMILES string of the molecule is CCO[Si](F)(F)CCCOS(C)(=O)=O. The van der Waals surface area contributed by atoms with Crippen LogP contribution in [0.3, 0.4) is 0 Å². The standard InChI is InChI=1S/C6H14F2O4SSi/c1-3-12-14(7,8)6-4-5-11-13(2,9)10/h3-6H2,1-2H3. The van der Waals surface area contributed by atoms with E-state index in [2.05, 4.69) is 8.61 Å². The van der Waals surface area contributed by atoms with Crippen LogP contribution in [0.15, 0.2) is 0 Å². The molecule has 0 amide bonds. The molecule has 0 N–H and O–H groups in total. The van der Waals surface area contributed by atoms with Crippen LogP contribution in [0.1, 0.15) is 13.3 Å². The lowest BCUT2D eigenvalue weighted by Crippen LogP contribution is -2.27. The first kappa shape index (κ1) is 13.9. The summed E-state index contributed by atoms with van der Waals surface area (Å²) in [6, 6.07) is -0.406. The first-order valence-electron chi connectivity index (χ1n) is 4.13. The molecule has 0 aromatic heterocycles. The lowest BCUT2D eigenvalue weighted by molar-refractivity contribution is 0.230. The lowest BCUT2D eigenvalue weighted by Gasteiger charge is -2.11. The summed E-state index contributed by atoms with van der Waals surface area (Å²) in [7, 11) is -8.10. The van der Waals surface area contributed by atoms with Crippen LogP contribution >= 0.6 is 0 Å². The van der Waals surface area contributed by atoms with Crippen LogP contribution in [0.5, 0.6) is 0 Å². The number of hydrogen-bond acceptors (Lipinski definition) is 4. The van der Waals surface area contributed by atoms with E-state index >= 15 is 0 Å². The fourth-order valence-electron chi connectivity index (χ4n) is 0.772. The minimum Gasteiger partial charge on any atom is -0.368 e. The Kier molecular flexibility index (Phi) is 5.72. The van der Waals surface area contributed by atoms with E-state index in [4.69, 9.17) is 0 Å². The molecule has 8 heteroatoms. The van der Waals surface area contributed by atoms with Crippen LogP contribution in [-0.4, -0.2) is 36.9 Å². The highest BCUT2D eigenvalue weighted by Gasteiger charge is 2.37. The molecular weight excluding hydrogens is 234 g/mol. The molecule has 0 fully saturated rings. The monoisotopic (exact) mass is 248 g/mol. The van der Waals surface area contributed by atoms with Gasteiger partial charge in [0, 0.05) is 12.7 Å². The van der Waals surface area contributed by atoms with Gasteiger partial charge in [-0.15, -0.1) is 0 Å². The molecule has 0 aliphatic carbocycles. The maximum absolute atomic E-state index is 12.8. The van der Waals surface area contributed by atoms with Gasteiger partial charge in [-0.2, -0.15) is 8.42 Å². The summed E-state index contributed by atoms with van der Waals surface area (Å²) in [6.45, 7) is 1.26. The van der Waals surface area contributed by atoms with Crippen molar-refractivity contribution in [2.75, 3.05) is 19.5 Å². The highest BCUT2D eigenvalue weighted by molar-refractivity contribution is 7.85. The maximum atomic E-state index is 12.8. The zero-order valence-electron chi connectivity index (χ0n) is 8.13. The largest absolute Gasteiger partial charge is 0.577 e. The normalized spacial score (nSPS) is 13.1. The Morgan fingerprint density at radius 1 is 1.36 bits per heavy atom. The molecule has 0 radical (unpaired) electrons. The second-order valence-corrected chi connectivity index (χ2v) is 6.41. The molecule has 4 nitrogen and oxygen atoms in total. The maximum Gasteiger partial charge on any atom is 0.577 e. The highest BCUT2D eigenvalue weighted by atomic mass is 32.2. The second kappa shape index (κ2) is 5.74. The molecule has 0 unspecified atom stereocenters. The van der Waals surface area contributed by atoms with Gasteiger partial charge in [-0.1, -0.05) is 0 Å². The third-order valence-corrected chi connectivity index (χ3v) is 3.51. The summed E-state index contributed by atoms with van der Waals surface area (Å²) >= 11 is 0. The van der Waals surface area contributed by atoms with Crippen molar-refractivity contribution in [3.63, 3.8) is 0 Å². The Hall–Kier alpha value is -0.0531. The lowest BCUT2D eigenvalue weighted by atomic mass is 10.5. The van der Waals surface area contributed by atoms with Crippen LogP contribution in [0.2, 0.25) is 6.04 Å². The quantitative estimate of drug-likeness (QED) is 0.295. The van der Waals surface area contributed by atoms with E-state index in [1.54, 1.807) is 0 Å². The molecule has 0 bridgehead atoms. The predicted molar refractivity (Wildman–Crippen MR) is 49.8 cm³/mol. The molecule has 0 aliphatic rings. The molecule has 0 atom stereocenters. The van der Waals surface area contributed by atoms with Gasteiger partial charge < -0.3 is 4.43 Å². The van der Waals surface area contributed by atoms with Crippen molar-refractivity contribution in [1.29, 1.82) is 0 Å². The first-order chi connectivity index (χ1) is 6.27. The molecule has 0 saturated heterocycles. The third-order valence-electron chi connectivity index (χ3n) is 1.27. The Balaban J connectivity index is 3.64. The minimum atomic E-state index is -4.57. The summed E-state index contributed by atoms with van der Waals surface area (Å²) in [5.74, 6) is 0. The Morgan fingerprint density at radius 3 is 2.36 bits per heavy atom. The zero-order chi connectivity index (χ0) is 11.2. The molecule has 86 valence electrons. The Bertz CT molecular complexity index is 255. The average Bonchev–Trinajstić information content (AvgIpc) is 1.96. The summed E-state index contributed by atoms with van der Waals surface area (Å²) in [6.07, 6.45) is 0.872. The van der Waals surface area contributed by atoms with Crippen molar-refractivity contribution >= 4 is 19.1 Å². The fourth-order valence-corrected chi connectivity index (χ4v) is 2.31. The molecule has 14 heavy (non-hydrogen) atoms. The molecule has 0 heterocycles.